The van der Waals surface area contributed by atoms with E-state index in [4.69, 9.17) is 4.42 Å². The van der Waals surface area contributed by atoms with Crippen LogP contribution >= 0.6 is 0 Å². The zero-order valence-corrected chi connectivity index (χ0v) is 13.8. The van der Waals surface area contributed by atoms with E-state index in [1.54, 1.807) is 41.7 Å². The van der Waals surface area contributed by atoms with Gasteiger partial charge in [-0.2, -0.15) is 13.2 Å². The lowest BCUT2D eigenvalue weighted by Gasteiger charge is -2.21. The normalized spacial score (nSPS) is 14.1. The molecule has 3 heterocycles. The Morgan fingerprint density at radius 2 is 2.00 bits per heavy atom. The van der Waals surface area contributed by atoms with Gasteiger partial charge in [0.05, 0.1) is 17.6 Å². The fourth-order valence-corrected chi connectivity index (χ4v) is 2.91. The van der Waals surface area contributed by atoms with Gasteiger partial charge in [-0.05, 0) is 24.3 Å². The minimum atomic E-state index is -4.67. The van der Waals surface area contributed by atoms with Crippen molar-refractivity contribution in [3.05, 3.63) is 70.9 Å². The Labute approximate surface area is 151 Å². The summed E-state index contributed by atoms with van der Waals surface area (Å²) in [6.07, 6.45) is 1.33. The Kier molecular flexibility index (Phi) is 4.02. The summed E-state index contributed by atoms with van der Waals surface area (Å²) in [6.45, 7) is 0.449. The van der Waals surface area contributed by atoms with E-state index in [0.29, 0.717) is 12.2 Å². The van der Waals surface area contributed by atoms with Crippen LogP contribution in [-0.4, -0.2) is 17.7 Å². The quantitative estimate of drug-likeness (QED) is 0.676. The van der Waals surface area contributed by atoms with Crippen molar-refractivity contribution in [1.82, 2.24) is 4.98 Å². The molecule has 0 N–H and O–H groups in total. The van der Waals surface area contributed by atoms with Crippen molar-refractivity contribution in [2.75, 3.05) is 11.4 Å². The highest BCUT2D eigenvalue weighted by molar-refractivity contribution is 5.91. The van der Waals surface area contributed by atoms with Crippen LogP contribution in [0.25, 0.3) is 22.3 Å². The largest absolute Gasteiger partial charge is 0.454 e. The van der Waals surface area contributed by atoms with Crippen LogP contribution in [0.5, 0.6) is 0 Å². The summed E-state index contributed by atoms with van der Waals surface area (Å²) in [5.41, 5.74) is -1.05. The van der Waals surface area contributed by atoms with E-state index in [9.17, 15) is 18.0 Å². The van der Waals surface area contributed by atoms with Gasteiger partial charge in [-0.1, -0.05) is 6.07 Å². The smallest absolute Gasteiger partial charge is 0.434 e. The number of nitrogens with zero attached hydrogens (tertiary/aromatic N) is 3. The number of hydrogen-bond acceptors (Lipinski definition) is 5. The highest BCUT2D eigenvalue weighted by Crippen LogP contribution is 2.36. The lowest BCUT2D eigenvalue weighted by molar-refractivity contribution is -0.140. The molecule has 4 rings (SSSR count). The van der Waals surface area contributed by atoms with Crippen molar-refractivity contribution in [1.29, 1.82) is 0 Å². The Morgan fingerprint density at radius 1 is 1.15 bits per heavy atom. The molecule has 0 saturated carbocycles. The summed E-state index contributed by atoms with van der Waals surface area (Å²) < 4.78 is 45.7. The average Bonchev–Trinajstić information content (AvgIpc) is 2.67. The maximum absolute atomic E-state index is 13.3. The topological polar surface area (TPSA) is 58.7 Å². The van der Waals surface area contributed by atoms with Crippen LogP contribution in [0, 0.1) is 0 Å². The molecule has 1 aliphatic heterocycles. The molecule has 27 heavy (non-hydrogen) atoms. The zero-order valence-electron chi connectivity index (χ0n) is 13.8. The summed E-state index contributed by atoms with van der Waals surface area (Å²) in [4.78, 5) is 21.7. The van der Waals surface area contributed by atoms with Crippen molar-refractivity contribution >= 4 is 22.9 Å². The summed E-state index contributed by atoms with van der Waals surface area (Å²) >= 11 is 0. The number of rotatable bonds is 2. The molecular formula is C19H12F3N3O2. The van der Waals surface area contributed by atoms with E-state index in [2.05, 4.69) is 9.98 Å². The minimum absolute atomic E-state index is 0.185. The number of fused-ring (bicyclic) bond motifs is 1. The Balaban J connectivity index is 1.96. The number of hydrogen-bond donors (Lipinski definition) is 0. The van der Waals surface area contributed by atoms with Crippen molar-refractivity contribution < 1.29 is 17.6 Å². The van der Waals surface area contributed by atoms with Crippen molar-refractivity contribution in [3.8, 4) is 11.3 Å². The van der Waals surface area contributed by atoms with Gasteiger partial charge in [-0.25, -0.2) is 0 Å². The molecule has 0 atom stereocenters. The van der Waals surface area contributed by atoms with Crippen LogP contribution in [0.4, 0.5) is 18.9 Å². The lowest BCUT2D eigenvalue weighted by Crippen LogP contribution is -2.21. The summed E-state index contributed by atoms with van der Waals surface area (Å²) in [7, 11) is 0. The number of aliphatic imine (C=N–C) groups is 1. The van der Waals surface area contributed by atoms with E-state index in [1.165, 1.54) is 12.1 Å². The molecule has 0 unspecified atom stereocenters. The first kappa shape index (κ1) is 17.0. The van der Waals surface area contributed by atoms with Gasteiger partial charge in [0.2, 0.25) is 0 Å². The second-order valence-corrected chi connectivity index (χ2v) is 5.81. The Bertz CT molecular complexity index is 1130. The number of halogens is 3. The van der Waals surface area contributed by atoms with Crippen molar-refractivity contribution in [2.24, 2.45) is 4.99 Å². The van der Waals surface area contributed by atoms with Gasteiger partial charge in [0.1, 0.15) is 5.76 Å². The number of benzene rings is 1. The third-order valence-corrected chi connectivity index (χ3v) is 4.10. The summed E-state index contributed by atoms with van der Waals surface area (Å²) in [6, 6.07) is 8.65. The molecular weight excluding hydrogens is 359 g/mol. The SMILES string of the molecule is O=c1cc(-c2cccnc2C(F)(F)F)oc2c(N3C=CN=CC3)cccc12. The van der Waals surface area contributed by atoms with Gasteiger partial charge >= 0.3 is 6.18 Å². The molecule has 2 aromatic heterocycles. The van der Waals surface area contributed by atoms with Crippen LogP contribution in [-0.2, 0) is 6.18 Å². The molecule has 0 fully saturated rings. The van der Waals surface area contributed by atoms with E-state index in [0.717, 1.165) is 12.3 Å². The first-order chi connectivity index (χ1) is 12.9. The van der Waals surface area contributed by atoms with Crippen LogP contribution in [0.1, 0.15) is 5.69 Å². The first-order valence-corrected chi connectivity index (χ1v) is 7.99. The highest BCUT2D eigenvalue weighted by Gasteiger charge is 2.36. The Hall–Kier alpha value is -3.42. The fourth-order valence-electron chi connectivity index (χ4n) is 2.91. The van der Waals surface area contributed by atoms with E-state index < -0.39 is 17.3 Å². The molecule has 3 aromatic rings. The molecule has 136 valence electrons. The summed E-state index contributed by atoms with van der Waals surface area (Å²) in [5.74, 6) is -0.185. The number of para-hydroxylation sites is 1. The molecule has 1 aromatic carbocycles. The van der Waals surface area contributed by atoms with Gasteiger partial charge in [0.25, 0.3) is 0 Å². The van der Waals surface area contributed by atoms with E-state index in [-0.39, 0.29) is 22.3 Å². The molecule has 8 heteroatoms. The monoisotopic (exact) mass is 371 g/mol. The standard InChI is InChI=1S/C19H12F3N3O2/c20-19(21,22)18-13(4-2-6-24-18)16-11-15(26)12-3-1-5-14(17(12)27-16)25-9-7-23-8-10-25/h1-9,11H,10H2. The molecule has 0 bridgehead atoms. The second-order valence-electron chi connectivity index (χ2n) is 5.81. The van der Waals surface area contributed by atoms with Crippen LogP contribution < -0.4 is 10.3 Å². The van der Waals surface area contributed by atoms with Gasteiger partial charge < -0.3 is 9.32 Å². The van der Waals surface area contributed by atoms with E-state index in [1.807, 2.05) is 0 Å². The number of pyridine rings is 1. The molecule has 0 amide bonds. The maximum atomic E-state index is 13.3. The fraction of sp³-hybridized carbons (Fsp3) is 0.105. The highest BCUT2D eigenvalue weighted by atomic mass is 19.4. The molecule has 1 aliphatic rings. The van der Waals surface area contributed by atoms with Gasteiger partial charge in [-0.15, -0.1) is 0 Å². The van der Waals surface area contributed by atoms with Crippen molar-refractivity contribution in [3.63, 3.8) is 0 Å². The maximum Gasteiger partial charge on any atom is 0.434 e. The summed E-state index contributed by atoms with van der Waals surface area (Å²) in [5, 5.41) is 0.282. The van der Waals surface area contributed by atoms with Crippen LogP contribution in [0.3, 0.4) is 0 Å². The molecule has 0 spiro atoms. The third-order valence-electron chi connectivity index (χ3n) is 4.10. The lowest BCUT2D eigenvalue weighted by atomic mass is 10.1. The predicted molar refractivity (Wildman–Crippen MR) is 95.7 cm³/mol. The zero-order chi connectivity index (χ0) is 19.0. The van der Waals surface area contributed by atoms with Gasteiger partial charge in [0.15, 0.2) is 16.7 Å². The second kappa shape index (κ2) is 6.39. The third kappa shape index (κ3) is 3.10. The van der Waals surface area contributed by atoms with Gasteiger partial charge in [-0.3, -0.25) is 14.8 Å². The number of anilines is 1. The molecule has 0 radical (unpaired) electrons. The Morgan fingerprint density at radius 3 is 2.74 bits per heavy atom. The average molecular weight is 371 g/mol. The number of alkyl halides is 3. The number of aromatic nitrogens is 1. The van der Waals surface area contributed by atoms with Gasteiger partial charge in [0, 0.05) is 36.4 Å². The van der Waals surface area contributed by atoms with Crippen LogP contribution in [0.2, 0.25) is 0 Å². The minimum Gasteiger partial charge on any atom is -0.454 e. The van der Waals surface area contributed by atoms with Crippen molar-refractivity contribution in [2.45, 2.75) is 6.18 Å². The molecule has 0 aliphatic carbocycles. The molecule has 5 nitrogen and oxygen atoms in total. The molecule has 0 saturated heterocycles. The van der Waals surface area contributed by atoms with Crippen LogP contribution in [0.15, 0.2) is 69.2 Å². The van der Waals surface area contributed by atoms with E-state index >= 15 is 0 Å². The predicted octanol–water partition coefficient (Wildman–Crippen LogP) is 4.24. The first-order valence-electron chi connectivity index (χ1n) is 7.99.